The van der Waals surface area contributed by atoms with Crippen LogP contribution in [0.25, 0.3) is 6.08 Å². The van der Waals surface area contributed by atoms with Gasteiger partial charge in [0, 0.05) is 3.57 Å². The molecule has 1 aromatic heterocycles. The molecular formula is C16H11IN2O4S2. The van der Waals surface area contributed by atoms with Gasteiger partial charge in [-0.3, -0.25) is 19.8 Å². The molecule has 0 spiro atoms. The van der Waals surface area contributed by atoms with E-state index in [4.69, 9.17) is 5.11 Å². The van der Waals surface area contributed by atoms with Gasteiger partial charge in [-0.05, 0) is 69.9 Å². The van der Waals surface area contributed by atoms with Crippen molar-refractivity contribution in [1.29, 1.82) is 0 Å². The zero-order valence-electron chi connectivity index (χ0n) is 12.6. The van der Waals surface area contributed by atoms with Gasteiger partial charge in [-0.25, -0.2) is 5.01 Å². The number of benzene rings is 1. The summed E-state index contributed by atoms with van der Waals surface area (Å²) in [4.78, 5) is 35.5. The molecule has 1 saturated heterocycles. The lowest BCUT2D eigenvalue weighted by molar-refractivity contribution is -0.134. The topological polar surface area (TPSA) is 86.7 Å². The Morgan fingerprint density at radius 1 is 1.28 bits per heavy atom. The number of thioether (sulfide) groups is 1. The molecule has 128 valence electrons. The van der Waals surface area contributed by atoms with E-state index in [0.717, 1.165) is 19.5 Å². The number of carbonyl (C=O) groups excluding carboxylic acids is 2. The normalized spacial score (nSPS) is 15.7. The van der Waals surface area contributed by atoms with Gasteiger partial charge in [0.05, 0.1) is 15.6 Å². The van der Waals surface area contributed by atoms with Crippen molar-refractivity contribution in [3.8, 4) is 0 Å². The number of rotatable bonds is 5. The Morgan fingerprint density at radius 2 is 2.00 bits per heavy atom. The van der Waals surface area contributed by atoms with Crippen molar-refractivity contribution in [3.05, 3.63) is 50.4 Å². The average Bonchev–Trinajstić information content (AvgIpc) is 3.13. The zero-order valence-corrected chi connectivity index (χ0v) is 16.4. The van der Waals surface area contributed by atoms with Gasteiger partial charge < -0.3 is 5.11 Å². The van der Waals surface area contributed by atoms with E-state index in [-0.39, 0.29) is 11.3 Å². The molecule has 0 atom stereocenters. The Balaban J connectivity index is 1.85. The summed E-state index contributed by atoms with van der Waals surface area (Å²) >= 11 is 4.70. The molecule has 1 fully saturated rings. The number of nitrogens with one attached hydrogen (secondary N) is 1. The minimum absolute atomic E-state index is 0.0223. The minimum Gasteiger partial charge on any atom is -0.481 e. The van der Waals surface area contributed by atoms with Crippen LogP contribution in [0.1, 0.15) is 5.56 Å². The van der Waals surface area contributed by atoms with Crippen molar-refractivity contribution in [2.75, 3.05) is 10.8 Å². The molecule has 3 rings (SSSR count). The van der Waals surface area contributed by atoms with E-state index < -0.39 is 17.8 Å². The molecule has 1 aromatic carbocycles. The predicted molar refractivity (Wildman–Crippen MR) is 105 cm³/mol. The standard InChI is InChI=1S/C16H11IN2O4S2/c17-10-1-3-11(4-2-10)19-15(23)12(14(22)18-19)7-9-5-6-24-16(9)25-8-13(20)21/h1-7H,8H2,(H,18,22)(H,20,21)/b12-7-. The molecule has 0 saturated carbocycles. The first-order chi connectivity index (χ1) is 12.0. The van der Waals surface area contributed by atoms with Crippen LogP contribution >= 0.6 is 45.7 Å². The maximum atomic E-state index is 12.6. The molecule has 2 amide bonds. The second-order valence-electron chi connectivity index (χ2n) is 4.96. The molecule has 9 heteroatoms. The maximum Gasteiger partial charge on any atom is 0.313 e. The maximum absolute atomic E-state index is 12.6. The van der Waals surface area contributed by atoms with Crippen LogP contribution in [0.3, 0.4) is 0 Å². The van der Waals surface area contributed by atoms with Crippen molar-refractivity contribution in [2.24, 2.45) is 0 Å². The molecule has 0 radical (unpaired) electrons. The molecule has 25 heavy (non-hydrogen) atoms. The molecular weight excluding hydrogens is 475 g/mol. The van der Waals surface area contributed by atoms with Crippen LogP contribution in [0.2, 0.25) is 0 Å². The number of carboxylic acids is 1. The number of halogens is 1. The van der Waals surface area contributed by atoms with E-state index in [1.54, 1.807) is 23.6 Å². The number of carboxylic acid groups (broad SMARTS) is 1. The third-order valence-electron chi connectivity index (χ3n) is 3.26. The van der Waals surface area contributed by atoms with Gasteiger partial charge in [0.1, 0.15) is 5.57 Å². The van der Waals surface area contributed by atoms with Crippen LogP contribution in [0, 0.1) is 3.57 Å². The summed E-state index contributed by atoms with van der Waals surface area (Å²) in [6.07, 6.45) is 1.51. The molecule has 1 aliphatic rings. The van der Waals surface area contributed by atoms with Crippen LogP contribution in [0.5, 0.6) is 0 Å². The third-order valence-corrected chi connectivity index (χ3v) is 6.23. The van der Waals surface area contributed by atoms with Crippen molar-refractivity contribution in [2.45, 2.75) is 4.21 Å². The van der Waals surface area contributed by atoms with Gasteiger partial charge in [-0.2, -0.15) is 0 Å². The Bertz CT molecular complexity index is 877. The Kier molecular flexibility index (Phi) is 5.45. The smallest absolute Gasteiger partial charge is 0.313 e. The monoisotopic (exact) mass is 486 g/mol. The highest BCUT2D eigenvalue weighted by atomic mass is 127. The van der Waals surface area contributed by atoms with Crippen LogP contribution in [0.4, 0.5) is 5.69 Å². The summed E-state index contributed by atoms with van der Waals surface area (Å²) in [6, 6.07) is 8.95. The van der Waals surface area contributed by atoms with Crippen LogP contribution in [-0.4, -0.2) is 28.6 Å². The fourth-order valence-corrected chi connectivity index (χ4v) is 4.27. The number of thiophene rings is 1. The van der Waals surface area contributed by atoms with Gasteiger partial charge in [-0.15, -0.1) is 23.1 Å². The Morgan fingerprint density at radius 3 is 2.68 bits per heavy atom. The number of hydrogen-bond acceptors (Lipinski definition) is 5. The van der Waals surface area contributed by atoms with Crippen molar-refractivity contribution in [1.82, 2.24) is 5.43 Å². The van der Waals surface area contributed by atoms with E-state index in [9.17, 15) is 14.4 Å². The first-order valence-corrected chi connectivity index (χ1v) is 9.95. The van der Waals surface area contributed by atoms with Gasteiger partial charge in [0.25, 0.3) is 11.8 Å². The Hall–Kier alpha value is -1.85. The SMILES string of the molecule is O=C(O)CSc1sccc1/C=C1/C(=O)NN(c2ccc(I)cc2)C1=O. The first kappa shape index (κ1) is 18.0. The molecule has 0 aliphatic carbocycles. The fraction of sp³-hybridized carbons (Fsp3) is 0.0625. The number of amides is 2. The van der Waals surface area contributed by atoms with Gasteiger partial charge in [0.2, 0.25) is 0 Å². The van der Waals surface area contributed by atoms with E-state index in [0.29, 0.717) is 11.3 Å². The number of anilines is 1. The number of carbonyl (C=O) groups is 3. The number of aliphatic carboxylic acids is 1. The second-order valence-corrected chi connectivity index (χ2v) is 8.37. The molecule has 1 aliphatic heterocycles. The number of hydrogen-bond donors (Lipinski definition) is 2. The zero-order chi connectivity index (χ0) is 18.0. The van der Waals surface area contributed by atoms with Crippen LogP contribution in [-0.2, 0) is 14.4 Å². The summed E-state index contributed by atoms with van der Waals surface area (Å²) < 4.78 is 1.77. The third kappa shape index (κ3) is 4.05. The van der Waals surface area contributed by atoms with Gasteiger partial charge in [-0.1, -0.05) is 0 Å². The van der Waals surface area contributed by atoms with E-state index in [1.165, 1.54) is 22.4 Å². The minimum atomic E-state index is -0.920. The number of hydrazine groups is 1. The summed E-state index contributed by atoms with van der Waals surface area (Å²) in [5.74, 6) is -1.92. The summed E-state index contributed by atoms with van der Waals surface area (Å²) in [7, 11) is 0. The van der Waals surface area contributed by atoms with Gasteiger partial charge >= 0.3 is 5.97 Å². The lowest BCUT2D eigenvalue weighted by atomic mass is 10.2. The molecule has 0 bridgehead atoms. The highest BCUT2D eigenvalue weighted by Crippen LogP contribution is 2.31. The second kappa shape index (κ2) is 7.58. The lowest BCUT2D eigenvalue weighted by Crippen LogP contribution is -2.35. The first-order valence-electron chi connectivity index (χ1n) is 7.00. The highest BCUT2D eigenvalue weighted by Gasteiger charge is 2.34. The van der Waals surface area contributed by atoms with Crippen LogP contribution in [0.15, 0.2) is 45.5 Å². The quantitative estimate of drug-likeness (QED) is 0.294. The fourth-order valence-electron chi connectivity index (χ4n) is 2.14. The van der Waals surface area contributed by atoms with E-state index in [2.05, 4.69) is 28.0 Å². The average molecular weight is 486 g/mol. The van der Waals surface area contributed by atoms with Crippen molar-refractivity contribution in [3.63, 3.8) is 0 Å². The molecule has 0 unspecified atom stereocenters. The number of nitrogens with zero attached hydrogens (tertiary/aromatic N) is 1. The molecule has 6 nitrogen and oxygen atoms in total. The predicted octanol–water partition coefficient (Wildman–Crippen LogP) is 2.99. The lowest BCUT2D eigenvalue weighted by Gasteiger charge is -2.14. The van der Waals surface area contributed by atoms with Crippen molar-refractivity contribution < 1.29 is 19.5 Å². The van der Waals surface area contributed by atoms with Crippen molar-refractivity contribution >= 4 is 75.2 Å². The van der Waals surface area contributed by atoms with E-state index >= 15 is 0 Å². The Labute approximate surface area is 165 Å². The molecule has 2 N–H and O–H groups in total. The van der Waals surface area contributed by atoms with Gasteiger partial charge in [0.15, 0.2) is 0 Å². The summed E-state index contributed by atoms with van der Waals surface area (Å²) in [6.45, 7) is 0. The van der Waals surface area contributed by atoms with Crippen LogP contribution < -0.4 is 10.4 Å². The summed E-state index contributed by atoms with van der Waals surface area (Å²) in [5, 5.41) is 11.8. The molecule has 2 heterocycles. The highest BCUT2D eigenvalue weighted by molar-refractivity contribution is 14.1. The molecule has 2 aromatic rings. The van der Waals surface area contributed by atoms with E-state index in [1.807, 2.05) is 12.1 Å². The summed E-state index contributed by atoms with van der Waals surface area (Å²) in [5.41, 5.74) is 3.81. The largest absolute Gasteiger partial charge is 0.481 e.